The van der Waals surface area contributed by atoms with Gasteiger partial charge in [-0.2, -0.15) is 5.10 Å². The van der Waals surface area contributed by atoms with E-state index in [0.717, 1.165) is 17.1 Å². The summed E-state index contributed by atoms with van der Waals surface area (Å²) in [4.78, 5) is 23.3. The summed E-state index contributed by atoms with van der Waals surface area (Å²) < 4.78 is 32.8. The number of nitro groups is 1. The van der Waals surface area contributed by atoms with Gasteiger partial charge in [0, 0.05) is 34.8 Å². The number of carbonyl (C=O) groups excluding carboxylic acids is 1. The molecule has 2 heterocycles. The number of hydrazone groups is 1. The monoisotopic (exact) mass is 582 g/mol. The van der Waals surface area contributed by atoms with Crippen LogP contribution in [0.15, 0.2) is 101 Å². The predicted molar refractivity (Wildman–Crippen MR) is 157 cm³/mol. The van der Waals surface area contributed by atoms with E-state index < -0.39 is 16.6 Å². The SMILES string of the molecule is Cc1ccc(C)n1-c1ccc(OCc2ccc(C(=O)N/N=C/c3cc([N+](=O)[O-])ccc3OCc3cccc(F)c3)o2)cc1. The third-order valence-electron chi connectivity index (χ3n) is 6.49. The molecule has 0 aliphatic heterocycles. The highest BCUT2D eigenvalue weighted by Crippen LogP contribution is 2.24. The lowest BCUT2D eigenvalue weighted by Gasteiger charge is -2.10. The zero-order chi connectivity index (χ0) is 30.3. The number of nitro benzene ring substituents is 1. The highest BCUT2D eigenvalue weighted by atomic mass is 19.1. The average molecular weight is 583 g/mol. The van der Waals surface area contributed by atoms with E-state index in [-0.39, 0.29) is 36.0 Å². The van der Waals surface area contributed by atoms with Crippen molar-refractivity contribution in [3.05, 3.63) is 141 Å². The zero-order valence-corrected chi connectivity index (χ0v) is 23.3. The number of aryl methyl sites for hydroxylation is 2. The number of carbonyl (C=O) groups is 1. The predicted octanol–water partition coefficient (Wildman–Crippen LogP) is 6.66. The van der Waals surface area contributed by atoms with Crippen LogP contribution in [0.5, 0.6) is 11.5 Å². The van der Waals surface area contributed by atoms with Crippen molar-refractivity contribution in [1.82, 2.24) is 9.99 Å². The van der Waals surface area contributed by atoms with Gasteiger partial charge in [0.1, 0.15) is 36.3 Å². The quantitative estimate of drug-likeness (QED) is 0.106. The maximum atomic E-state index is 13.5. The maximum absolute atomic E-state index is 13.5. The van der Waals surface area contributed by atoms with Crippen molar-refractivity contribution >= 4 is 17.8 Å². The van der Waals surface area contributed by atoms with E-state index in [9.17, 15) is 19.3 Å². The topological polar surface area (TPSA) is 121 Å². The Hall–Kier alpha value is -5.71. The van der Waals surface area contributed by atoms with Gasteiger partial charge in [-0.05, 0) is 86.1 Å². The molecule has 43 heavy (non-hydrogen) atoms. The fourth-order valence-corrected chi connectivity index (χ4v) is 4.38. The number of nitrogens with one attached hydrogen (secondary N) is 1. The van der Waals surface area contributed by atoms with Crippen LogP contribution in [0.4, 0.5) is 10.1 Å². The molecule has 0 saturated heterocycles. The van der Waals surface area contributed by atoms with Gasteiger partial charge in [0.05, 0.1) is 11.1 Å². The molecular formula is C32H27FN4O6. The molecule has 0 aliphatic rings. The van der Waals surface area contributed by atoms with Crippen LogP contribution < -0.4 is 14.9 Å². The fraction of sp³-hybridized carbons (Fsp3) is 0.125. The van der Waals surface area contributed by atoms with E-state index >= 15 is 0 Å². The first-order valence-electron chi connectivity index (χ1n) is 13.2. The zero-order valence-electron chi connectivity index (χ0n) is 23.3. The minimum absolute atomic E-state index is 0.00581. The van der Waals surface area contributed by atoms with Crippen LogP contribution >= 0.6 is 0 Å². The Morgan fingerprint density at radius 1 is 0.977 bits per heavy atom. The van der Waals surface area contributed by atoms with Crippen molar-refractivity contribution in [2.75, 3.05) is 0 Å². The van der Waals surface area contributed by atoms with Gasteiger partial charge in [-0.3, -0.25) is 14.9 Å². The molecule has 0 radical (unpaired) electrons. The number of halogens is 1. The third-order valence-corrected chi connectivity index (χ3v) is 6.49. The van der Waals surface area contributed by atoms with E-state index in [1.165, 1.54) is 42.6 Å². The van der Waals surface area contributed by atoms with Crippen molar-refractivity contribution < 1.29 is 28.0 Å². The van der Waals surface area contributed by atoms with Crippen LogP contribution in [0.25, 0.3) is 5.69 Å². The van der Waals surface area contributed by atoms with Crippen molar-refractivity contribution in [2.24, 2.45) is 5.10 Å². The molecule has 0 fully saturated rings. The Kier molecular flexibility index (Phi) is 8.61. The third kappa shape index (κ3) is 7.14. The molecule has 11 heteroatoms. The van der Waals surface area contributed by atoms with Crippen LogP contribution in [-0.2, 0) is 13.2 Å². The molecule has 0 spiro atoms. The van der Waals surface area contributed by atoms with Crippen LogP contribution in [0.3, 0.4) is 0 Å². The van der Waals surface area contributed by atoms with E-state index in [1.54, 1.807) is 18.2 Å². The highest BCUT2D eigenvalue weighted by Gasteiger charge is 2.14. The summed E-state index contributed by atoms with van der Waals surface area (Å²) in [7, 11) is 0. The number of non-ortho nitro benzene ring substituents is 1. The van der Waals surface area contributed by atoms with Gasteiger partial charge in [-0.1, -0.05) is 12.1 Å². The number of furan rings is 1. The normalized spacial score (nSPS) is 11.0. The molecule has 1 N–H and O–H groups in total. The lowest BCUT2D eigenvalue weighted by Crippen LogP contribution is -2.17. The molecule has 5 rings (SSSR count). The maximum Gasteiger partial charge on any atom is 0.307 e. The molecule has 0 unspecified atom stereocenters. The second-order valence-electron chi connectivity index (χ2n) is 9.60. The fourth-order valence-electron chi connectivity index (χ4n) is 4.38. The molecule has 3 aromatic carbocycles. The van der Waals surface area contributed by atoms with Crippen LogP contribution in [0.1, 0.15) is 38.8 Å². The number of amides is 1. The van der Waals surface area contributed by atoms with Crippen molar-refractivity contribution in [1.29, 1.82) is 0 Å². The molecule has 0 aliphatic carbocycles. The first kappa shape index (κ1) is 28.8. The van der Waals surface area contributed by atoms with E-state index in [4.69, 9.17) is 13.9 Å². The number of hydrogen-bond donors (Lipinski definition) is 1. The van der Waals surface area contributed by atoms with Crippen LogP contribution in [0.2, 0.25) is 0 Å². The molecule has 10 nitrogen and oxygen atoms in total. The number of ether oxygens (including phenoxy) is 2. The number of aromatic nitrogens is 1. The number of rotatable bonds is 11. The Morgan fingerprint density at radius 2 is 1.74 bits per heavy atom. The summed E-state index contributed by atoms with van der Waals surface area (Å²) in [6.45, 7) is 4.22. The van der Waals surface area contributed by atoms with Gasteiger partial charge in [-0.15, -0.1) is 0 Å². The van der Waals surface area contributed by atoms with Gasteiger partial charge in [0.15, 0.2) is 5.76 Å². The summed E-state index contributed by atoms with van der Waals surface area (Å²) in [5.74, 6) is 0.308. The standard InChI is InChI=1S/C32H27FN4O6/c1-21-6-7-22(2)36(21)26-8-11-28(12-9-26)41-20-29-13-15-31(43-29)32(38)35-34-18-24-17-27(37(39)40)10-14-30(24)42-19-23-4-3-5-25(33)16-23/h3-18H,19-20H2,1-2H3,(H,35,38)/b34-18+. The van der Waals surface area contributed by atoms with E-state index in [2.05, 4.69) is 27.2 Å². The second kappa shape index (κ2) is 12.9. The van der Waals surface area contributed by atoms with Crippen molar-refractivity contribution in [3.8, 4) is 17.2 Å². The molecule has 0 bridgehead atoms. The molecule has 1 amide bonds. The molecule has 0 saturated carbocycles. The molecule has 0 atom stereocenters. The molecule has 2 aromatic heterocycles. The van der Waals surface area contributed by atoms with Gasteiger partial charge in [0.25, 0.3) is 5.69 Å². The largest absolute Gasteiger partial charge is 0.488 e. The second-order valence-corrected chi connectivity index (χ2v) is 9.60. The average Bonchev–Trinajstić information content (AvgIpc) is 3.61. The molecular weight excluding hydrogens is 555 g/mol. The lowest BCUT2D eigenvalue weighted by atomic mass is 10.2. The summed E-state index contributed by atoms with van der Waals surface area (Å²) in [6, 6.07) is 24.7. The smallest absolute Gasteiger partial charge is 0.307 e. The number of nitrogens with zero attached hydrogens (tertiary/aromatic N) is 3. The Balaban J connectivity index is 1.18. The van der Waals surface area contributed by atoms with E-state index in [0.29, 0.717) is 17.1 Å². The number of hydrogen-bond acceptors (Lipinski definition) is 7. The highest BCUT2D eigenvalue weighted by molar-refractivity contribution is 5.93. The first-order chi connectivity index (χ1) is 20.8. The summed E-state index contributed by atoms with van der Waals surface area (Å²) >= 11 is 0. The summed E-state index contributed by atoms with van der Waals surface area (Å²) in [5, 5.41) is 15.2. The van der Waals surface area contributed by atoms with Crippen LogP contribution in [0, 0.1) is 29.8 Å². The Labute approximate surface area is 246 Å². The summed E-state index contributed by atoms with van der Waals surface area (Å²) in [5.41, 5.74) is 6.27. The lowest BCUT2D eigenvalue weighted by molar-refractivity contribution is -0.384. The molecule has 218 valence electrons. The van der Waals surface area contributed by atoms with Gasteiger partial charge >= 0.3 is 5.91 Å². The Bertz CT molecular complexity index is 1770. The van der Waals surface area contributed by atoms with Gasteiger partial charge in [0.2, 0.25) is 0 Å². The van der Waals surface area contributed by atoms with Gasteiger partial charge in [-0.25, -0.2) is 9.82 Å². The summed E-state index contributed by atoms with van der Waals surface area (Å²) in [6.07, 6.45) is 1.22. The van der Waals surface area contributed by atoms with Crippen molar-refractivity contribution in [3.63, 3.8) is 0 Å². The Morgan fingerprint density at radius 3 is 2.47 bits per heavy atom. The van der Waals surface area contributed by atoms with Gasteiger partial charge < -0.3 is 18.5 Å². The minimum atomic E-state index is -0.628. The van der Waals surface area contributed by atoms with Crippen molar-refractivity contribution in [2.45, 2.75) is 27.1 Å². The van der Waals surface area contributed by atoms with E-state index in [1.807, 2.05) is 38.1 Å². The first-order valence-corrected chi connectivity index (χ1v) is 13.2. The van der Waals surface area contributed by atoms with Crippen LogP contribution in [-0.4, -0.2) is 21.6 Å². The molecule has 5 aromatic rings. The number of benzene rings is 3. The minimum Gasteiger partial charge on any atom is -0.488 e.